The fourth-order valence-corrected chi connectivity index (χ4v) is 1.42. The van der Waals surface area contributed by atoms with Crippen LogP contribution < -0.4 is 0 Å². The Balaban J connectivity index is 2.55. The predicted molar refractivity (Wildman–Crippen MR) is 55.8 cm³/mol. The van der Waals surface area contributed by atoms with Gasteiger partial charge in [-0.25, -0.2) is 4.79 Å². The SMILES string of the molecule is N#Cc1cccc(-c2ccnn2C(=O)O)c1. The molecule has 0 saturated carbocycles. The van der Waals surface area contributed by atoms with Crippen molar-refractivity contribution in [1.82, 2.24) is 9.78 Å². The Morgan fingerprint density at radius 3 is 2.94 bits per heavy atom. The molecule has 16 heavy (non-hydrogen) atoms. The Hall–Kier alpha value is -2.61. The number of aromatic nitrogens is 2. The molecule has 0 bridgehead atoms. The van der Waals surface area contributed by atoms with E-state index in [0.29, 0.717) is 16.8 Å². The average molecular weight is 213 g/mol. The quantitative estimate of drug-likeness (QED) is 0.785. The van der Waals surface area contributed by atoms with Gasteiger partial charge in [0, 0.05) is 5.56 Å². The standard InChI is InChI=1S/C11H7N3O2/c12-7-8-2-1-3-9(6-8)10-4-5-13-14(10)11(15)16/h1-6H,(H,15,16). The molecule has 1 heterocycles. The zero-order valence-electron chi connectivity index (χ0n) is 8.16. The van der Waals surface area contributed by atoms with E-state index in [9.17, 15) is 4.79 Å². The second-order valence-electron chi connectivity index (χ2n) is 3.10. The Morgan fingerprint density at radius 1 is 1.44 bits per heavy atom. The molecule has 78 valence electrons. The minimum absolute atomic E-state index is 0.449. The highest BCUT2D eigenvalue weighted by Gasteiger charge is 2.10. The van der Waals surface area contributed by atoms with Crippen LogP contribution in [0.5, 0.6) is 0 Å². The molecule has 0 fully saturated rings. The maximum atomic E-state index is 10.8. The first-order valence-electron chi connectivity index (χ1n) is 4.50. The van der Waals surface area contributed by atoms with Crippen molar-refractivity contribution >= 4 is 6.09 Å². The van der Waals surface area contributed by atoms with E-state index < -0.39 is 6.09 Å². The van der Waals surface area contributed by atoms with Crippen LogP contribution in [0.15, 0.2) is 36.5 Å². The van der Waals surface area contributed by atoms with E-state index in [0.717, 1.165) is 4.68 Å². The second-order valence-corrected chi connectivity index (χ2v) is 3.10. The normalized spacial score (nSPS) is 9.69. The molecule has 0 aliphatic heterocycles. The van der Waals surface area contributed by atoms with E-state index in [2.05, 4.69) is 5.10 Å². The predicted octanol–water partition coefficient (Wildman–Crippen LogP) is 1.95. The molecule has 0 radical (unpaired) electrons. The summed E-state index contributed by atoms with van der Waals surface area (Å²) in [5.41, 5.74) is 1.58. The zero-order chi connectivity index (χ0) is 11.5. The van der Waals surface area contributed by atoms with Crippen molar-refractivity contribution in [2.75, 3.05) is 0 Å². The van der Waals surface area contributed by atoms with Crippen LogP contribution in [0.1, 0.15) is 5.56 Å². The Kier molecular flexibility index (Phi) is 2.40. The van der Waals surface area contributed by atoms with Crippen LogP contribution in [-0.2, 0) is 0 Å². The van der Waals surface area contributed by atoms with Crippen molar-refractivity contribution < 1.29 is 9.90 Å². The van der Waals surface area contributed by atoms with E-state index in [-0.39, 0.29) is 0 Å². The highest BCUT2D eigenvalue weighted by molar-refractivity contribution is 5.75. The van der Waals surface area contributed by atoms with Crippen LogP contribution in [0, 0.1) is 11.3 Å². The van der Waals surface area contributed by atoms with Crippen molar-refractivity contribution in [2.45, 2.75) is 0 Å². The summed E-state index contributed by atoms with van der Waals surface area (Å²) in [7, 11) is 0. The molecular weight excluding hydrogens is 206 g/mol. The molecule has 1 aromatic carbocycles. The molecule has 1 N–H and O–H groups in total. The number of rotatable bonds is 1. The van der Waals surface area contributed by atoms with Crippen molar-refractivity contribution in [1.29, 1.82) is 5.26 Å². The number of nitriles is 1. The molecule has 0 aliphatic rings. The minimum Gasteiger partial charge on any atom is -0.463 e. The summed E-state index contributed by atoms with van der Waals surface area (Å²) >= 11 is 0. The van der Waals surface area contributed by atoms with Crippen molar-refractivity contribution in [3.05, 3.63) is 42.1 Å². The minimum atomic E-state index is -1.15. The molecule has 5 nitrogen and oxygen atoms in total. The molecule has 0 atom stereocenters. The van der Waals surface area contributed by atoms with Gasteiger partial charge in [-0.05, 0) is 18.2 Å². The van der Waals surface area contributed by atoms with Crippen LogP contribution in [0.4, 0.5) is 4.79 Å². The molecule has 0 spiro atoms. The molecular formula is C11H7N3O2. The van der Waals surface area contributed by atoms with Gasteiger partial charge >= 0.3 is 6.09 Å². The van der Waals surface area contributed by atoms with Crippen LogP contribution in [0.2, 0.25) is 0 Å². The second kappa shape index (κ2) is 3.87. The monoisotopic (exact) mass is 213 g/mol. The van der Waals surface area contributed by atoms with Gasteiger partial charge in [-0.3, -0.25) is 0 Å². The third-order valence-electron chi connectivity index (χ3n) is 2.11. The Bertz CT molecular complexity index is 581. The smallest absolute Gasteiger partial charge is 0.432 e. The lowest BCUT2D eigenvalue weighted by atomic mass is 10.1. The maximum Gasteiger partial charge on any atom is 0.432 e. The van der Waals surface area contributed by atoms with E-state index >= 15 is 0 Å². The number of hydrogen-bond donors (Lipinski definition) is 1. The first-order valence-corrected chi connectivity index (χ1v) is 4.50. The number of nitrogens with zero attached hydrogens (tertiary/aromatic N) is 3. The molecule has 5 heteroatoms. The van der Waals surface area contributed by atoms with Crippen molar-refractivity contribution in [2.24, 2.45) is 0 Å². The van der Waals surface area contributed by atoms with Crippen LogP contribution >= 0.6 is 0 Å². The van der Waals surface area contributed by atoms with Gasteiger partial charge in [-0.1, -0.05) is 12.1 Å². The van der Waals surface area contributed by atoms with Crippen molar-refractivity contribution in [3.63, 3.8) is 0 Å². The van der Waals surface area contributed by atoms with E-state index in [1.165, 1.54) is 6.20 Å². The van der Waals surface area contributed by atoms with Crippen molar-refractivity contribution in [3.8, 4) is 17.3 Å². The average Bonchev–Trinajstić information content (AvgIpc) is 2.78. The van der Waals surface area contributed by atoms with Gasteiger partial charge in [0.2, 0.25) is 0 Å². The molecule has 2 aromatic rings. The first kappa shape index (κ1) is 9.93. The fraction of sp³-hybridized carbons (Fsp3) is 0. The lowest BCUT2D eigenvalue weighted by molar-refractivity contribution is 0.193. The van der Waals surface area contributed by atoms with Gasteiger partial charge in [0.05, 0.1) is 23.5 Å². The first-order chi connectivity index (χ1) is 7.72. The van der Waals surface area contributed by atoms with Crippen LogP contribution in [0.3, 0.4) is 0 Å². The Morgan fingerprint density at radius 2 is 2.25 bits per heavy atom. The molecule has 1 aromatic heterocycles. The molecule has 0 unspecified atom stereocenters. The summed E-state index contributed by atoms with van der Waals surface area (Å²) in [6.07, 6.45) is 0.255. The van der Waals surface area contributed by atoms with Gasteiger partial charge in [0.15, 0.2) is 0 Å². The third-order valence-corrected chi connectivity index (χ3v) is 2.11. The third kappa shape index (κ3) is 1.64. The molecule has 2 rings (SSSR count). The largest absolute Gasteiger partial charge is 0.463 e. The molecule has 0 aliphatic carbocycles. The number of carboxylic acid groups (broad SMARTS) is 1. The Labute approximate surface area is 91.2 Å². The van der Waals surface area contributed by atoms with Crippen LogP contribution in [0.25, 0.3) is 11.3 Å². The zero-order valence-corrected chi connectivity index (χ0v) is 8.16. The van der Waals surface area contributed by atoms with Gasteiger partial charge in [0.25, 0.3) is 0 Å². The number of carbonyl (C=O) groups is 1. The molecule has 0 amide bonds. The summed E-state index contributed by atoms with van der Waals surface area (Å²) in [5, 5.41) is 21.3. The maximum absolute atomic E-state index is 10.8. The van der Waals surface area contributed by atoms with Gasteiger partial charge in [0.1, 0.15) is 0 Å². The summed E-state index contributed by atoms with van der Waals surface area (Å²) < 4.78 is 0.872. The van der Waals surface area contributed by atoms with Gasteiger partial charge < -0.3 is 5.11 Å². The van der Waals surface area contributed by atoms with Crippen LogP contribution in [-0.4, -0.2) is 21.0 Å². The van der Waals surface area contributed by atoms with E-state index in [1.807, 2.05) is 6.07 Å². The lowest BCUT2D eigenvalue weighted by Crippen LogP contribution is -2.10. The summed E-state index contributed by atoms with van der Waals surface area (Å²) in [6, 6.07) is 10.3. The van der Waals surface area contributed by atoms with Gasteiger partial charge in [-0.15, -0.1) is 0 Å². The van der Waals surface area contributed by atoms with E-state index in [1.54, 1.807) is 30.3 Å². The fourth-order valence-electron chi connectivity index (χ4n) is 1.42. The lowest BCUT2D eigenvalue weighted by Gasteiger charge is -2.02. The summed E-state index contributed by atoms with van der Waals surface area (Å²) in [4.78, 5) is 10.8. The summed E-state index contributed by atoms with van der Waals surface area (Å²) in [5.74, 6) is 0. The number of hydrogen-bond acceptors (Lipinski definition) is 3. The number of benzene rings is 1. The molecule has 0 saturated heterocycles. The highest BCUT2D eigenvalue weighted by atomic mass is 16.4. The summed E-state index contributed by atoms with van der Waals surface area (Å²) in [6.45, 7) is 0. The topological polar surface area (TPSA) is 78.9 Å². The van der Waals surface area contributed by atoms with E-state index in [4.69, 9.17) is 10.4 Å². The van der Waals surface area contributed by atoms with Gasteiger partial charge in [-0.2, -0.15) is 15.0 Å². The highest BCUT2D eigenvalue weighted by Crippen LogP contribution is 2.19.